The molecule has 1 fully saturated rings. The van der Waals surface area contributed by atoms with Gasteiger partial charge in [-0.3, -0.25) is 0 Å². The number of nitrogens with zero attached hydrogens (tertiary/aromatic N) is 7. The van der Waals surface area contributed by atoms with E-state index in [0.29, 0.717) is 17.8 Å². The van der Waals surface area contributed by atoms with Gasteiger partial charge < -0.3 is 15.5 Å². The van der Waals surface area contributed by atoms with Gasteiger partial charge in [-0.05, 0) is 25.9 Å². The van der Waals surface area contributed by atoms with Crippen LogP contribution in [0.15, 0.2) is 12.7 Å². The monoisotopic (exact) mass is 289 g/mol. The molecule has 9 heteroatoms. The first-order chi connectivity index (χ1) is 10.3. The van der Waals surface area contributed by atoms with Crippen LogP contribution in [0.2, 0.25) is 0 Å². The summed E-state index contributed by atoms with van der Waals surface area (Å²) in [6.45, 7) is 4.18. The summed E-state index contributed by atoms with van der Waals surface area (Å²) in [5, 5.41) is 10.2. The van der Waals surface area contributed by atoms with Crippen LogP contribution in [-0.2, 0) is 0 Å². The van der Waals surface area contributed by atoms with E-state index in [2.05, 4.69) is 40.6 Å². The first kappa shape index (κ1) is 13.7. The topological polar surface area (TPSA) is 96.7 Å². The first-order valence-electron chi connectivity index (χ1n) is 7.10. The third-order valence-corrected chi connectivity index (χ3v) is 3.38. The normalized spacial score (nSPS) is 15.3. The van der Waals surface area contributed by atoms with Crippen LogP contribution in [0.25, 0.3) is 5.95 Å². The maximum absolute atomic E-state index is 4.36. The van der Waals surface area contributed by atoms with Crippen molar-refractivity contribution in [3.8, 4) is 5.95 Å². The van der Waals surface area contributed by atoms with Gasteiger partial charge in [-0.2, -0.15) is 24.7 Å². The van der Waals surface area contributed by atoms with E-state index in [-0.39, 0.29) is 0 Å². The number of nitrogens with one attached hydrogen (secondary N) is 2. The average molecular weight is 289 g/mol. The highest BCUT2D eigenvalue weighted by Gasteiger charge is 2.11. The highest BCUT2D eigenvalue weighted by molar-refractivity contribution is 5.37. The molecule has 2 aromatic rings. The van der Waals surface area contributed by atoms with Gasteiger partial charge in [0, 0.05) is 20.1 Å². The third-order valence-electron chi connectivity index (χ3n) is 3.38. The van der Waals surface area contributed by atoms with Crippen LogP contribution < -0.4 is 10.6 Å². The van der Waals surface area contributed by atoms with Crippen molar-refractivity contribution in [3.63, 3.8) is 0 Å². The number of likely N-dealkylation sites (tertiary alicyclic amines) is 1. The molecule has 1 aliphatic heterocycles. The molecule has 2 aromatic heterocycles. The van der Waals surface area contributed by atoms with Gasteiger partial charge in [0.25, 0.3) is 5.95 Å². The molecule has 0 unspecified atom stereocenters. The molecule has 2 N–H and O–H groups in total. The van der Waals surface area contributed by atoms with E-state index >= 15 is 0 Å². The van der Waals surface area contributed by atoms with Gasteiger partial charge in [-0.25, -0.2) is 4.98 Å². The van der Waals surface area contributed by atoms with E-state index in [4.69, 9.17) is 0 Å². The number of hydrogen-bond acceptors (Lipinski definition) is 8. The zero-order chi connectivity index (χ0) is 14.5. The minimum atomic E-state index is 0.440. The summed E-state index contributed by atoms with van der Waals surface area (Å²) in [4.78, 5) is 19.3. The van der Waals surface area contributed by atoms with Crippen LogP contribution in [0.4, 0.5) is 11.9 Å². The average Bonchev–Trinajstić information content (AvgIpc) is 3.20. The molecule has 0 aliphatic carbocycles. The molecular formula is C12H19N9. The summed E-state index contributed by atoms with van der Waals surface area (Å²) >= 11 is 0. The summed E-state index contributed by atoms with van der Waals surface area (Å²) < 4.78 is 1.51. The van der Waals surface area contributed by atoms with Crippen molar-refractivity contribution in [2.45, 2.75) is 12.8 Å². The Hall–Kier alpha value is -2.29. The molecule has 1 saturated heterocycles. The van der Waals surface area contributed by atoms with Crippen LogP contribution in [0.3, 0.4) is 0 Å². The molecule has 9 nitrogen and oxygen atoms in total. The lowest BCUT2D eigenvalue weighted by Crippen LogP contribution is -2.26. The molecule has 0 amide bonds. The first-order valence-corrected chi connectivity index (χ1v) is 7.10. The Kier molecular flexibility index (Phi) is 4.20. The molecule has 3 heterocycles. The summed E-state index contributed by atoms with van der Waals surface area (Å²) in [6.07, 6.45) is 5.60. The van der Waals surface area contributed by atoms with Gasteiger partial charge in [0.05, 0.1) is 0 Å². The van der Waals surface area contributed by atoms with Crippen molar-refractivity contribution < 1.29 is 0 Å². The molecule has 112 valence electrons. The fourth-order valence-electron chi connectivity index (χ4n) is 2.30. The minimum Gasteiger partial charge on any atom is -0.357 e. The molecule has 3 rings (SSSR count). The lowest BCUT2D eigenvalue weighted by molar-refractivity contribution is 0.352. The van der Waals surface area contributed by atoms with Crippen molar-refractivity contribution >= 4 is 11.9 Å². The highest BCUT2D eigenvalue weighted by Crippen LogP contribution is 2.09. The van der Waals surface area contributed by atoms with Crippen molar-refractivity contribution in [3.05, 3.63) is 12.7 Å². The van der Waals surface area contributed by atoms with Crippen LogP contribution in [0, 0.1) is 0 Å². The molecule has 0 saturated carbocycles. The van der Waals surface area contributed by atoms with Gasteiger partial charge in [-0.15, -0.1) is 0 Å². The van der Waals surface area contributed by atoms with Gasteiger partial charge in [0.15, 0.2) is 0 Å². The Morgan fingerprint density at radius 1 is 1.14 bits per heavy atom. The molecular weight excluding hydrogens is 270 g/mol. The van der Waals surface area contributed by atoms with Crippen molar-refractivity contribution in [2.24, 2.45) is 0 Å². The fraction of sp³-hybridized carbons (Fsp3) is 0.583. The van der Waals surface area contributed by atoms with Gasteiger partial charge in [-0.1, -0.05) is 0 Å². The quantitative estimate of drug-likeness (QED) is 0.767. The Bertz CT molecular complexity index is 562. The van der Waals surface area contributed by atoms with Gasteiger partial charge in [0.2, 0.25) is 11.9 Å². The Morgan fingerprint density at radius 3 is 2.67 bits per heavy atom. The fourth-order valence-corrected chi connectivity index (χ4v) is 2.30. The molecule has 0 spiro atoms. The van der Waals surface area contributed by atoms with Gasteiger partial charge in [0.1, 0.15) is 12.7 Å². The number of rotatable bonds is 6. The third kappa shape index (κ3) is 3.43. The predicted octanol–water partition coefficient (Wildman–Crippen LogP) is 0.00170. The lowest BCUT2D eigenvalue weighted by atomic mass is 10.4. The molecule has 0 radical (unpaired) electrons. The van der Waals surface area contributed by atoms with E-state index in [9.17, 15) is 0 Å². The Labute approximate surface area is 122 Å². The van der Waals surface area contributed by atoms with E-state index in [1.165, 1.54) is 36.9 Å². The molecule has 0 bridgehead atoms. The van der Waals surface area contributed by atoms with Gasteiger partial charge >= 0.3 is 0 Å². The summed E-state index contributed by atoms with van der Waals surface area (Å²) in [7, 11) is 1.77. The second-order valence-electron chi connectivity index (χ2n) is 4.85. The van der Waals surface area contributed by atoms with E-state index in [1.807, 2.05) is 0 Å². The summed E-state index contributed by atoms with van der Waals surface area (Å²) in [6, 6.07) is 0. The second-order valence-corrected chi connectivity index (χ2v) is 4.85. The largest absolute Gasteiger partial charge is 0.357 e. The van der Waals surface area contributed by atoms with Crippen LogP contribution in [0.1, 0.15) is 12.8 Å². The number of anilines is 2. The van der Waals surface area contributed by atoms with Crippen molar-refractivity contribution in [2.75, 3.05) is 43.9 Å². The molecule has 1 aliphatic rings. The van der Waals surface area contributed by atoms with Crippen molar-refractivity contribution in [1.29, 1.82) is 0 Å². The number of aromatic nitrogens is 6. The standard InChI is InChI=1S/C12H19N9/c1-13-10-17-11(15-4-7-20-5-2-3-6-20)19-12(18-10)21-9-14-8-16-21/h8-9H,2-7H2,1H3,(H2,13,15,17,18,19). The van der Waals surface area contributed by atoms with Crippen molar-refractivity contribution in [1.82, 2.24) is 34.6 Å². The molecule has 21 heavy (non-hydrogen) atoms. The van der Waals surface area contributed by atoms with E-state index in [0.717, 1.165) is 13.1 Å². The number of hydrogen-bond donors (Lipinski definition) is 2. The zero-order valence-electron chi connectivity index (χ0n) is 12.0. The summed E-state index contributed by atoms with van der Waals surface area (Å²) in [5.74, 6) is 1.48. The molecule has 0 atom stereocenters. The minimum absolute atomic E-state index is 0.440. The Balaban J connectivity index is 1.67. The maximum atomic E-state index is 4.36. The zero-order valence-corrected chi connectivity index (χ0v) is 12.0. The van der Waals surface area contributed by atoms with Crippen LogP contribution in [-0.4, -0.2) is 67.8 Å². The van der Waals surface area contributed by atoms with Crippen LogP contribution >= 0.6 is 0 Å². The van der Waals surface area contributed by atoms with E-state index < -0.39 is 0 Å². The predicted molar refractivity (Wildman–Crippen MR) is 78.5 cm³/mol. The Morgan fingerprint density at radius 2 is 1.95 bits per heavy atom. The van der Waals surface area contributed by atoms with Crippen LogP contribution in [0.5, 0.6) is 0 Å². The maximum Gasteiger partial charge on any atom is 0.258 e. The van der Waals surface area contributed by atoms with E-state index in [1.54, 1.807) is 13.4 Å². The second kappa shape index (κ2) is 6.44. The molecule has 0 aromatic carbocycles. The highest BCUT2D eigenvalue weighted by atomic mass is 15.4. The SMILES string of the molecule is CNc1nc(NCCN2CCCC2)nc(-n2cncn2)n1. The smallest absolute Gasteiger partial charge is 0.258 e. The lowest BCUT2D eigenvalue weighted by Gasteiger charge is -2.15. The summed E-state index contributed by atoms with van der Waals surface area (Å²) in [5.41, 5.74) is 0.